The number of rotatable bonds is 5. The largest absolute Gasteiger partial charge is 0.369 e. The van der Waals surface area contributed by atoms with Crippen LogP contribution in [-0.2, 0) is 0 Å². The van der Waals surface area contributed by atoms with E-state index >= 15 is 0 Å². The molecule has 0 aliphatic carbocycles. The van der Waals surface area contributed by atoms with E-state index in [9.17, 15) is 0 Å². The molecule has 3 heteroatoms. The van der Waals surface area contributed by atoms with E-state index in [-0.39, 0.29) is 0 Å². The van der Waals surface area contributed by atoms with Crippen molar-refractivity contribution >= 4 is 17.3 Å². The van der Waals surface area contributed by atoms with E-state index in [1.807, 2.05) is 12.1 Å². The lowest BCUT2D eigenvalue weighted by molar-refractivity contribution is 0.250. The highest BCUT2D eigenvalue weighted by Gasteiger charge is 2.22. The first-order valence-corrected chi connectivity index (χ1v) is 10.0. The van der Waals surface area contributed by atoms with Gasteiger partial charge in [0.25, 0.3) is 0 Å². The second kappa shape index (κ2) is 8.60. The molecule has 1 aliphatic rings. The third-order valence-electron chi connectivity index (χ3n) is 5.39. The first-order valence-electron chi connectivity index (χ1n) is 9.62. The van der Waals surface area contributed by atoms with Gasteiger partial charge in [-0.05, 0) is 29.3 Å². The van der Waals surface area contributed by atoms with E-state index in [4.69, 9.17) is 11.6 Å². The number of halogens is 1. The van der Waals surface area contributed by atoms with Gasteiger partial charge in [0.05, 0.1) is 0 Å². The highest BCUT2D eigenvalue weighted by Crippen LogP contribution is 2.27. The monoisotopic (exact) mass is 376 g/mol. The lowest BCUT2D eigenvalue weighted by atomic mass is 9.90. The van der Waals surface area contributed by atoms with Gasteiger partial charge < -0.3 is 4.90 Å². The molecule has 3 aromatic carbocycles. The summed E-state index contributed by atoms with van der Waals surface area (Å²) in [6.07, 6.45) is 0. The lowest BCUT2D eigenvalue weighted by Gasteiger charge is -2.38. The molecule has 0 unspecified atom stereocenters. The highest BCUT2D eigenvalue weighted by atomic mass is 35.5. The van der Waals surface area contributed by atoms with Gasteiger partial charge in [-0.3, -0.25) is 4.90 Å². The van der Waals surface area contributed by atoms with Crippen LogP contribution < -0.4 is 4.90 Å². The van der Waals surface area contributed by atoms with E-state index < -0.39 is 0 Å². The summed E-state index contributed by atoms with van der Waals surface area (Å²) in [5.41, 5.74) is 4.01. The summed E-state index contributed by atoms with van der Waals surface area (Å²) in [6, 6.07) is 29.9. The van der Waals surface area contributed by atoms with Gasteiger partial charge in [-0.25, -0.2) is 0 Å². The lowest BCUT2D eigenvalue weighted by Crippen LogP contribution is -2.47. The SMILES string of the molecule is Clc1cccc(N2CCN(CC(c3ccccc3)c3ccccc3)CC2)c1. The van der Waals surface area contributed by atoms with Crippen LogP contribution >= 0.6 is 11.6 Å². The molecule has 0 saturated carbocycles. The Balaban J connectivity index is 1.45. The Labute approximate surface area is 167 Å². The highest BCUT2D eigenvalue weighted by molar-refractivity contribution is 6.30. The van der Waals surface area contributed by atoms with Crippen LogP contribution in [0.4, 0.5) is 5.69 Å². The van der Waals surface area contributed by atoms with E-state index in [0.29, 0.717) is 5.92 Å². The molecule has 1 heterocycles. The summed E-state index contributed by atoms with van der Waals surface area (Å²) >= 11 is 6.16. The molecule has 27 heavy (non-hydrogen) atoms. The summed E-state index contributed by atoms with van der Waals surface area (Å²) in [7, 11) is 0. The normalized spacial score (nSPS) is 15.3. The molecule has 3 aromatic rings. The molecule has 1 aliphatic heterocycles. The van der Waals surface area contributed by atoms with Crippen molar-refractivity contribution in [3.8, 4) is 0 Å². The second-order valence-electron chi connectivity index (χ2n) is 7.14. The molecular formula is C24H25ClN2. The molecule has 0 atom stereocenters. The van der Waals surface area contributed by atoms with Gasteiger partial charge >= 0.3 is 0 Å². The Bertz CT molecular complexity index is 803. The van der Waals surface area contributed by atoms with Crippen LogP contribution in [0.3, 0.4) is 0 Å². The second-order valence-corrected chi connectivity index (χ2v) is 7.58. The third-order valence-corrected chi connectivity index (χ3v) is 5.63. The summed E-state index contributed by atoms with van der Waals surface area (Å²) in [6.45, 7) is 5.27. The zero-order valence-corrected chi connectivity index (χ0v) is 16.2. The molecule has 0 spiro atoms. The molecule has 0 N–H and O–H groups in total. The van der Waals surface area contributed by atoms with Crippen LogP contribution in [0.2, 0.25) is 5.02 Å². The van der Waals surface area contributed by atoms with Crippen molar-refractivity contribution in [2.24, 2.45) is 0 Å². The zero-order chi connectivity index (χ0) is 18.5. The van der Waals surface area contributed by atoms with Crippen molar-refractivity contribution in [1.29, 1.82) is 0 Å². The fourth-order valence-electron chi connectivity index (χ4n) is 3.89. The van der Waals surface area contributed by atoms with Crippen molar-refractivity contribution in [2.75, 3.05) is 37.6 Å². The first-order chi connectivity index (χ1) is 13.3. The van der Waals surface area contributed by atoms with Crippen molar-refractivity contribution in [3.63, 3.8) is 0 Å². The van der Waals surface area contributed by atoms with E-state index in [1.54, 1.807) is 0 Å². The fourth-order valence-corrected chi connectivity index (χ4v) is 4.08. The third kappa shape index (κ3) is 4.52. The van der Waals surface area contributed by atoms with Crippen LogP contribution in [0.1, 0.15) is 17.0 Å². The number of hydrogen-bond donors (Lipinski definition) is 0. The number of nitrogens with zero attached hydrogens (tertiary/aromatic N) is 2. The number of hydrogen-bond acceptors (Lipinski definition) is 2. The molecule has 1 fully saturated rings. The first kappa shape index (κ1) is 18.1. The number of benzene rings is 3. The summed E-state index contributed by atoms with van der Waals surface area (Å²) < 4.78 is 0. The van der Waals surface area contributed by atoms with Gasteiger partial charge in [-0.2, -0.15) is 0 Å². The van der Waals surface area contributed by atoms with Crippen molar-refractivity contribution < 1.29 is 0 Å². The van der Waals surface area contributed by atoms with E-state index in [0.717, 1.165) is 37.7 Å². The molecule has 2 nitrogen and oxygen atoms in total. The molecule has 0 radical (unpaired) electrons. The Morgan fingerprint density at radius 1 is 0.704 bits per heavy atom. The van der Waals surface area contributed by atoms with Gasteiger partial charge in [-0.1, -0.05) is 78.3 Å². The predicted octanol–water partition coefficient (Wildman–Crippen LogP) is 5.29. The van der Waals surface area contributed by atoms with Crippen molar-refractivity contribution in [3.05, 3.63) is 101 Å². The topological polar surface area (TPSA) is 6.48 Å². The Morgan fingerprint density at radius 2 is 1.30 bits per heavy atom. The maximum atomic E-state index is 6.16. The molecule has 0 amide bonds. The maximum Gasteiger partial charge on any atom is 0.0426 e. The predicted molar refractivity (Wildman–Crippen MR) is 115 cm³/mol. The minimum atomic E-state index is 0.408. The van der Waals surface area contributed by atoms with Crippen LogP contribution in [-0.4, -0.2) is 37.6 Å². The summed E-state index contributed by atoms with van der Waals surface area (Å²) in [5.74, 6) is 0.408. The quantitative estimate of drug-likeness (QED) is 0.596. The Morgan fingerprint density at radius 3 is 1.85 bits per heavy atom. The molecule has 0 bridgehead atoms. The van der Waals surface area contributed by atoms with Crippen molar-refractivity contribution in [1.82, 2.24) is 4.90 Å². The van der Waals surface area contributed by atoms with Gasteiger partial charge in [0.1, 0.15) is 0 Å². The Hall–Kier alpha value is -2.29. The van der Waals surface area contributed by atoms with E-state index in [1.165, 1.54) is 16.8 Å². The average molecular weight is 377 g/mol. The molecule has 4 rings (SSSR count). The van der Waals surface area contributed by atoms with Gasteiger partial charge in [-0.15, -0.1) is 0 Å². The minimum absolute atomic E-state index is 0.408. The summed E-state index contributed by atoms with van der Waals surface area (Å²) in [5, 5.41) is 0.808. The smallest absolute Gasteiger partial charge is 0.0426 e. The standard InChI is InChI=1S/C24H25ClN2/c25-22-12-7-13-23(18-22)27-16-14-26(15-17-27)19-24(20-8-3-1-4-9-20)21-10-5-2-6-11-21/h1-13,18,24H,14-17,19H2. The van der Waals surface area contributed by atoms with Gasteiger partial charge in [0.2, 0.25) is 0 Å². The molecular weight excluding hydrogens is 352 g/mol. The fraction of sp³-hybridized carbons (Fsp3) is 0.250. The van der Waals surface area contributed by atoms with Crippen LogP contribution in [0.25, 0.3) is 0 Å². The molecule has 1 saturated heterocycles. The van der Waals surface area contributed by atoms with Crippen molar-refractivity contribution in [2.45, 2.75) is 5.92 Å². The van der Waals surface area contributed by atoms with Gasteiger partial charge in [0, 0.05) is 49.4 Å². The molecule has 138 valence electrons. The van der Waals surface area contributed by atoms with Gasteiger partial charge in [0.15, 0.2) is 0 Å². The number of piperazine rings is 1. The number of anilines is 1. The molecule has 0 aromatic heterocycles. The minimum Gasteiger partial charge on any atom is -0.369 e. The van der Waals surface area contributed by atoms with Crippen LogP contribution in [0.5, 0.6) is 0 Å². The average Bonchev–Trinajstić information content (AvgIpc) is 2.74. The maximum absolute atomic E-state index is 6.16. The van der Waals surface area contributed by atoms with Crippen LogP contribution in [0.15, 0.2) is 84.9 Å². The Kier molecular flexibility index (Phi) is 5.76. The van der Waals surface area contributed by atoms with E-state index in [2.05, 4.69) is 82.6 Å². The zero-order valence-electron chi connectivity index (χ0n) is 15.5. The summed E-state index contributed by atoms with van der Waals surface area (Å²) in [4.78, 5) is 5.02. The van der Waals surface area contributed by atoms with Crippen LogP contribution in [0, 0.1) is 0 Å².